The number of amides is 2. The number of carbonyl (C=O) groups is 2. The highest BCUT2D eigenvalue weighted by molar-refractivity contribution is 6.29. The quantitative estimate of drug-likeness (QED) is 0.857. The summed E-state index contributed by atoms with van der Waals surface area (Å²) in [5, 5.41) is 3.04. The van der Waals surface area contributed by atoms with Crippen molar-refractivity contribution in [1.29, 1.82) is 0 Å². The fraction of sp³-hybridized carbons (Fsp3) is 0.562. The molecular weight excluding hydrogens is 318 g/mol. The van der Waals surface area contributed by atoms with Crippen LogP contribution in [0.15, 0.2) is 18.2 Å². The Bertz CT molecular complexity index is 622. The van der Waals surface area contributed by atoms with Gasteiger partial charge < -0.3 is 10.1 Å². The zero-order valence-corrected chi connectivity index (χ0v) is 13.9. The maximum absolute atomic E-state index is 12.5. The first kappa shape index (κ1) is 16.1. The van der Waals surface area contributed by atoms with Gasteiger partial charge in [0, 0.05) is 6.04 Å². The van der Waals surface area contributed by atoms with Crippen molar-refractivity contribution >= 4 is 29.4 Å². The van der Waals surface area contributed by atoms with Crippen LogP contribution in [-0.4, -0.2) is 40.6 Å². The van der Waals surface area contributed by atoms with Gasteiger partial charge in [0.15, 0.2) is 0 Å². The number of aromatic nitrogens is 1. The van der Waals surface area contributed by atoms with Gasteiger partial charge in [-0.1, -0.05) is 31.5 Å². The molecule has 2 fully saturated rings. The standard InChI is InChI=1S/C16H20ClN3O3/c1-9(2)8-23-16(22)20-11-6-10(11)7-12(20)15(21)19-14-5-3-4-13(17)18-14/h3-5,9-12H,6-8H2,1-2H3,(H,18,19,21). The number of ether oxygens (including phenoxy) is 1. The van der Waals surface area contributed by atoms with E-state index in [1.165, 1.54) is 0 Å². The number of anilines is 1. The third kappa shape index (κ3) is 3.58. The maximum atomic E-state index is 12.5. The van der Waals surface area contributed by atoms with E-state index in [2.05, 4.69) is 10.3 Å². The summed E-state index contributed by atoms with van der Waals surface area (Å²) in [6.45, 7) is 4.31. The van der Waals surface area contributed by atoms with Crippen molar-refractivity contribution in [2.45, 2.75) is 38.8 Å². The zero-order valence-electron chi connectivity index (χ0n) is 13.2. The number of pyridine rings is 1. The highest BCUT2D eigenvalue weighted by atomic mass is 35.5. The number of likely N-dealkylation sites (tertiary alicyclic amines) is 1. The number of carbonyl (C=O) groups excluding carboxylic acids is 2. The van der Waals surface area contributed by atoms with Crippen LogP contribution in [0.25, 0.3) is 0 Å². The number of nitrogens with one attached hydrogen (secondary N) is 1. The first-order valence-corrected chi connectivity index (χ1v) is 8.22. The van der Waals surface area contributed by atoms with Crippen molar-refractivity contribution in [3.8, 4) is 0 Å². The second-order valence-corrected chi connectivity index (χ2v) is 6.91. The molecule has 23 heavy (non-hydrogen) atoms. The molecule has 1 saturated heterocycles. The highest BCUT2D eigenvalue weighted by Crippen LogP contribution is 2.48. The molecule has 1 aliphatic carbocycles. The number of fused-ring (bicyclic) bond motifs is 1. The van der Waals surface area contributed by atoms with Gasteiger partial charge in [-0.15, -0.1) is 0 Å². The van der Waals surface area contributed by atoms with Gasteiger partial charge in [-0.2, -0.15) is 0 Å². The average molecular weight is 338 g/mol. The van der Waals surface area contributed by atoms with E-state index in [0.29, 0.717) is 29.9 Å². The van der Waals surface area contributed by atoms with Gasteiger partial charge in [0.1, 0.15) is 17.0 Å². The van der Waals surface area contributed by atoms with Gasteiger partial charge in [0.25, 0.3) is 0 Å². The van der Waals surface area contributed by atoms with E-state index < -0.39 is 12.1 Å². The van der Waals surface area contributed by atoms with Crippen LogP contribution in [0.3, 0.4) is 0 Å². The Balaban J connectivity index is 1.66. The number of nitrogens with zero attached hydrogens (tertiary/aromatic N) is 2. The first-order valence-electron chi connectivity index (χ1n) is 7.84. The molecule has 3 atom stereocenters. The van der Waals surface area contributed by atoms with Crippen LogP contribution in [0.4, 0.5) is 10.6 Å². The molecule has 0 spiro atoms. The van der Waals surface area contributed by atoms with E-state index in [9.17, 15) is 9.59 Å². The number of piperidine rings is 1. The Kier molecular flexibility index (Phi) is 4.43. The van der Waals surface area contributed by atoms with Crippen molar-refractivity contribution in [3.63, 3.8) is 0 Å². The summed E-state index contributed by atoms with van der Waals surface area (Å²) in [6.07, 6.45) is 1.23. The van der Waals surface area contributed by atoms with Gasteiger partial charge in [-0.3, -0.25) is 9.69 Å². The van der Waals surface area contributed by atoms with Crippen molar-refractivity contribution in [2.75, 3.05) is 11.9 Å². The average Bonchev–Trinajstić information content (AvgIpc) is 3.15. The zero-order chi connectivity index (χ0) is 16.6. The molecule has 1 aromatic heterocycles. The molecule has 124 valence electrons. The summed E-state index contributed by atoms with van der Waals surface area (Å²) in [5.74, 6) is 0.816. The monoisotopic (exact) mass is 337 g/mol. The lowest BCUT2D eigenvalue weighted by molar-refractivity contribution is -0.120. The van der Waals surface area contributed by atoms with Crippen LogP contribution >= 0.6 is 11.6 Å². The summed E-state index contributed by atoms with van der Waals surface area (Å²) < 4.78 is 5.30. The maximum Gasteiger partial charge on any atom is 0.410 e. The number of rotatable bonds is 4. The lowest BCUT2D eigenvalue weighted by Crippen LogP contribution is -2.46. The van der Waals surface area contributed by atoms with Gasteiger partial charge in [0.2, 0.25) is 5.91 Å². The summed E-state index contributed by atoms with van der Waals surface area (Å²) in [5.41, 5.74) is 0. The van der Waals surface area contributed by atoms with Crippen molar-refractivity contribution in [2.24, 2.45) is 11.8 Å². The van der Waals surface area contributed by atoms with Crippen molar-refractivity contribution < 1.29 is 14.3 Å². The molecule has 6 nitrogen and oxygen atoms in total. The van der Waals surface area contributed by atoms with E-state index >= 15 is 0 Å². The molecular formula is C16H20ClN3O3. The summed E-state index contributed by atoms with van der Waals surface area (Å²) in [6, 6.07) is 4.65. The minimum absolute atomic E-state index is 0.137. The third-order valence-electron chi connectivity index (χ3n) is 4.12. The predicted molar refractivity (Wildman–Crippen MR) is 86.2 cm³/mol. The second-order valence-electron chi connectivity index (χ2n) is 6.53. The van der Waals surface area contributed by atoms with Gasteiger partial charge in [-0.05, 0) is 36.8 Å². The Morgan fingerprint density at radius 1 is 1.43 bits per heavy atom. The van der Waals surface area contributed by atoms with Crippen molar-refractivity contribution in [1.82, 2.24) is 9.88 Å². The van der Waals surface area contributed by atoms with Gasteiger partial charge in [-0.25, -0.2) is 9.78 Å². The van der Waals surface area contributed by atoms with Crippen LogP contribution in [0.5, 0.6) is 0 Å². The Morgan fingerprint density at radius 2 is 2.22 bits per heavy atom. The molecule has 0 aromatic carbocycles. The van der Waals surface area contributed by atoms with Gasteiger partial charge in [0.05, 0.1) is 6.61 Å². The highest BCUT2D eigenvalue weighted by Gasteiger charge is 2.56. The van der Waals surface area contributed by atoms with Gasteiger partial charge >= 0.3 is 6.09 Å². The SMILES string of the molecule is CC(C)COC(=O)N1C(C(=O)Nc2cccc(Cl)n2)CC2CC21. The molecule has 2 amide bonds. The van der Waals surface area contributed by atoms with Crippen LogP contribution < -0.4 is 5.32 Å². The van der Waals surface area contributed by atoms with E-state index in [1.54, 1.807) is 23.1 Å². The second kappa shape index (κ2) is 6.35. The van der Waals surface area contributed by atoms with Crippen LogP contribution in [0, 0.1) is 11.8 Å². The molecule has 7 heteroatoms. The van der Waals surface area contributed by atoms with Crippen LogP contribution in [-0.2, 0) is 9.53 Å². The molecule has 2 heterocycles. The normalized spacial score (nSPS) is 25.2. The largest absolute Gasteiger partial charge is 0.449 e. The molecule has 3 rings (SSSR count). The van der Waals surface area contributed by atoms with E-state index in [1.807, 2.05) is 13.8 Å². The molecule has 1 N–H and O–H groups in total. The Hall–Kier alpha value is -1.82. The molecule has 0 radical (unpaired) electrons. The molecule has 0 bridgehead atoms. The first-order chi connectivity index (χ1) is 11.0. The lowest BCUT2D eigenvalue weighted by atomic mass is 10.1. The molecule has 3 unspecified atom stereocenters. The topological polar surface area (TPSA) is 71.5 Å². The fourth-order valence-corrected chi connectivity index (χ4v) is 3.12. The van der Waals surface area contributed by atoms with Crippen molar-refractivity contribution in [3.05, 3.63) is 23.4 Å². The molecule has 2 aliphatic rings. The van der Waals surface area contributed by atoms with Crippen LogP contribution in [0.2, 0.25) is 5.15 Å². The fourth-order valence-electron chi connectivity index (χ4n) is 2.95. The Morgan fingerprint density at radius 3 is 2.91 bits per heavy atom. The summed E-state index contributed by atoms with van der Waals surface area (Å²) in [4.78, 5) is 30.4. The third-order valence-corrected chi connectivity index (χ3v) is 4.33. The summed E-state index contributed by atoms with van der Waals surface area (Å²) in [7, 11) is 0. The Labute approximate surface area is 140 Å². The minimum Gasteiger partial charge on any atom is -0.449 e. The molecule has 1 saturated carbocycles. The predicted octanol–water partition coefficient (Wildman–Crippen LogP) is 2.93. The minimum atomic E-state index is -0.501. The number of halogens is 1. The van der Waals surface area contributed by atoms with E-state index in [4.69, 9.17) is 16.3 Å². The molecule has 1 aliphatic heterocycles. The van der Waals surface area contributed by atoms with E-state index in [0.717, 1.165) is 6.42 Å². The lowest BCUT2D eigenvalue weighted by Gasteiger charge is -2.26. The smallest absolute Gasteiger partial charge is 0.410 e. The van der Waals surface area contributed by atoms with Crippen LogP contribution in [0.1, 0.15) is 26.7 Å². The number of hydrogen-bond donors (Lipinski definition) is 1. The summed E-state index contributed by atoms with van der Waals surface area (Å²) >= 11 is 5.82. The number of hydrogen-bond acceptors (Lipinski definition) is 4. The van der Waals surface area contributed by atoms with E-state index in [-0.39, 0.29) is 17.9 Å². The molecule has 1 aromatic rings.